The fourth-order valence-electron chi connectivity index (χ4n) is 3.61. The van der Waals surface area contributed by atoms with E-state index in [9.17, 15) is 9.18 Å². The summed E-state index contributed by atoms with van der Waals surface area (Å²) in [4.78, 5) is 12.5. The maximum Gasteiger partial charge on any atom is 0.258 e. The molecule has 1 saturated heterocycles. The maximum absolute atomic E-state index is 13.0. The second-order valence-corrected chi connectivity index (χ2v) is 8.10. The molecule has 0 spiro atoms. The average molecular weight is 463 g/mol. The number of nitrogens with zero attached hydrogens (tertiary/aromatic N) is 1. The van der Waals surface area contributed by atoms with Gasteiger partial charge in [-0.25, -0.2) is 20.7 Å². The zero-order chi connectivity index (χ0) is 23.9. The van der Waals surface area contributed by atoms with E-state index in [0.717, 1.165) is 11.1 Å². The van der Waals surface area contributed by atoms with Crippen molar-refractivity contribution in [2.75, 3.05) is 7.11 Å². The Morgan fingerprint density at radius 1 is 1.09 bits per heavy atom. The van der Waals surface area contributed by atoms with Crippen LogP contribution >= 0.6 is 0 Å². The number of hydrogen-bond acceptors (Lipinski definition) is 6. The molecule has 7 nitrogen and oxygen atoms in total. The third-order valence-electron chi connectivity index (χ3n) is 5.58. The van der Waals surface area contributed by atoms with Gasteiger partial charge in [0, 0.05) is 6.04 Å². The summed E-state index contributed by atoms with van der Waals surface area (Å²) in [5.41, 5.74) is 12.6. The lowest BCUT2D eigenvalue weighted by Crippen LogP contribution is -2.41. The Hall–Kier alpha value is -3.75. The van der Waals surface area contributed by atoms with Crippen LogP contribution in [0.1, 0.15) is 34.7 Å². The number of methoxy groups -OCH3 is 1. The molecule has 1 heterocycles. The maximum atomic E-state index is 13.0. The van der Waals surface area contributed by atoms with Crippen molar-refractivity contribution in [2.45, 2.75) is 32.0 Å². The first-order valence-electron chi connectivity index (χ1n) is 11.0. The van der Waals surface area contributed by atoms with Gasteiger partial charge in [-0.3, -0.25) is 4.79 Å². The van der Waals surface area contributed by atoms with Gasteiger partial charge in [-0.15, -0.1) is 0 Å². The van der Waals surface area contributed by atoms with E-state index in [1.165, 1.54) is 23.9 Å². The number of aryl methyl sites for hydroxylation is 1. The van der Waals surface area contributed by atoms with Crippen LogP contribution in [-0.4, -0.2) is 25.3 Å². The third kappa shape index (κ3) is 5.98. The molecular weight excluding hydrogens is 435 g/mol. The first kappa shape index (κ1) is 23.4. The first-order chi connectivity index (χ1) is 16.5. The summed E-state index contributed by atoms with van der Waals surface area (Å²) in [6.45, 7) is 2.49. The number of hydrazine groups is 1. The fraction of sp³-hybridized carbons (Fsp3) is 0.231. The van der Waals surface area contributed by atoms with Crippen molar-refractivity contribution in [3.63, 3.8) is 0 Å². The summed E-state index contributed by atoms with van der Waals surface area (Å²) in [7, 11) is 1.60. The minimum Gasteiger partial charge on any atom is -0.493 e. The average Bonchev–Trinajstić information content (AvgIpc) is 3.35. The molecule has 2 atom stereocenters. The molecule has 8 heteroatoms. The second kappa shape index (κ2) is 10.9. The molecule has 4 rings (SSSR count). The second-order valence-electron chi connectivity index (χ2n) is 8.10. The van der Waals surface area contributed by atoms with Crippen molar-refractivity contribution in [1.82, 2.24) is 16.3 Å². The number of hydrazone groups is 1. The van der Waals surface area contributed by atoms with Gasteiger partial charge in [0.1, 0.15) is 18.5 Å². The smallest absolute Gasteiger partial charge is 0.258 e. The van der Waals surface area contributed by atoms with Crippen molar-refractivity contribution in [2.24, 2.45) is 5.10 Å². The molecule has 1 aliphatic heterocycles. The Balaban J connectivity index is 1.32. The Morgan fingerprint density at radius 2 is 1.85 bits per heavy atom. The van der Waals surface area contributed by atoms with E-state index in [4.69, 9.17) is 9.47 Å². The minimum atomic E-state index is -0.459. The molecule has 1 amide bonds. The number of ether oxygens (including phenoxy) is 2. The van der Waals surface area contributed by atoms with Crippen molar-refractivity contribution >= 4 is 12.1 Å². The first-order valence-corrected chi connectivity index (χ1v) is 11.0. The quantitative estimate of drug-likeness (QED) is 0.351. The molecule has 0 radical (unpaired) electrons. The Morgan fingerprint density at radius 3 is 2.59 bits per heavy atom. The van der Waals surface area contributed by atoms with Gasteiger partial charge < -0.3 is 9.47 Å². The summed E-state index contributed by atoms with van der Waals surface area (Å²) in [6, 6.07) is 19.2. The van der Waals surface area contributed by atoms with Crippen molar-refractivity contribution in [1.29, 1.82) is 0 Å². The molecule has 0 aliphatic carbocycles. The summed E-state index contributed by atoms with van der Waals surface area (Å²) in [5, 5.41) is 3.95. The van der Waals surface area contributed by atoms with Crippen LogP contribution in [-0.2, 0) is 11.4 Å². The summed E-state index contributed by atoms with van der Waals surface area (Å²) >= 11 is 0. The molecule has 0 bridgehead atoms. The van der Waals surface area contributed by atoms with Gasteiger partial charge in [-0.2, -0.15) is 5.10 Å². The molecule has 34 heavy (non-hydrogen) atoms. The minimum absolute atomic E-state index is 0.0862. The van der Waals surface area contributed by atoms with E-state index in [0.29, 0.717) is 30.1 Å². The van der Waals surface area contributed by atoms with Crippen molar-refractivity contribution in [3.05, 3.63) is 94.8 Å². The van der Waals surface area contributed by atoms with E-state index in [1.807, 2.05) is 37.3 Å². The summed E-state index contributed by atoms with van der Waals surface area (Å²) < 4.78 is 24.5. The summed E-state index contributed by atoms with van der Waals surface area (Å²) in [5.74, 6) is 0.694. The van der Waals surface area contributed by atoms with Crippen molar-refractivity contribution < 1.29 is 18.7 Å². The number of hydrogen-bond donors (Lipinski definition) is 3. The molecule has 3 aromatic carbocycles. The highest BCUT2D eigenvalue weighted by atomic mass is 19.1. The molecule has 1 aliphatic rings. The van der Waals surface area contributed by atoms with Gasteiger partial charge in [0.25, 0.3) is 5.91 Å². The Labute approximate surface area is 197 Å². The van der Waals surface area contributed by atoms with Crippen LogP contribution in [0.2, 0.25) is 0 Å². The van der Waals surface area contributed by atoms with Gasteiger partial charge in [0.2, 0.25) is 0 Å². The van der Waals surface area contributed by atoms with Crippen molar-refractivity contribution in [3.8, 4) is 11.5 Å². The molecule has 3 N–H and O–H groups in total. The highest BCUT2D eigenvalue weighted by molar-refractivity contribution is 5.85. The van der Waals surface area contributed by atoms with Gasteiger partial charge in [0.15, 0.2) is 11.5 Å². The number of benzene rings is 3. The van der Waals surface area contributed by atoms with Gasteiger partial charge >= 0.3 is 0 Å². The topological polar surface area (TPSA) is 84.0 Å². The predicted octanol–water partition coefficient (Wildman–Crippen LogP) is 3.78. The van der Waals surface area contributed by atoms with E-state index < -0.39 is 6.04 Å². The fourth-order valence-corrected chi connectivity index (χ4v) is 3.61. The number of carbonyl (C=O) groups excluding carboxylic acids is 1. The highest BCUT2D eigenvalue weighted by Crippen LogP contribution is 2.33. The van der Waals surface area contributed by atoms with Crippen LogP contribution < -0.4 is 25.8 Å². The zero-order valence-corrected chi connectivity index (χ0v) is 19.0. The van der Waals surface area contributed by atoms with Crippen LogP contribution in [0.3, 0.4) is 0 Å². The Bertz CT molecular complexity index is 1150. The zero-order valence-electron chi connectivity index (χ0n) is 19.0. The van der Waals surface area contributed by atoms with E-state index in [-0.39, 0.29) is 17.8 Å². The van der Waals surface area contributed by atoms with Crippen LogP contribution in [0.4, 0.5) is 4.39 Å². The van der Waals surface area contributed by atoms with Crippen LogP contribution in [0.15, 0.2) is 71.8 Å². The number of nitrogens with one attached hydrogen (secondary N) is 3. The molecule has 1 fully saturated rings. The van der Waals surface area contributed by atoms with E-state index >= 15 is 0 Å². The highest BCUT2D eigenvalue weighted by Gasteiger charge is 2.30. The van der Waals surface area contributed by atoms with Crippen LogP contribution in [0.5, 0.6) is 11.5 Å². The number of carbonyl (C=O) groups is 1. The molecule has 2 unspecified atom stereocenters. The lowest BCUT2D eigenvalue weighted by molar-refractivity contribution is -0.122. The molecule has 176 valence electrons. The lowest BCUT2D eigenvalue weighted by Gasteiger charge is -2.15. The normalized spacial score (nSPS) is 17.6. The Kier molecular flexibility index (Phi) is 7.51. The van der Waals surface area contributed by atoms with Gasteiger partial charge in [-0.05, 0) is 54.3 Å². The molecular formula is C26H27FN4O3. The van der Waals surface area contributed by atoms with E-state index in [1.54, 1.807) is 19.2 Å². The molecule has 0 saturated carbocycles. The number of amides is 1. The third-order valence-corrected chi connectivity index (χ3v) is 5.58. The van der Waals surface area contributed by atoms with Gasteiger partial charge in [0.05, 0.1) is 13.3 Å². The van der Waals surface area contributed by atoms with Crippen LogP contribution in [0.25, 0.3) is 0 Å². The SMILES string of the molecule is COc1cc(C2CC(C(=O)N/N=C/c3ccc(F)cc3)NN2)ccc1OCc1ccc(C)cc1. The van der Waals surface area contributed by atoms with Gasteiger partial charge in [-0.1, -0.05) is 48.0 Å². The monoisotopic (exact) mass is 462 g/mol. The predicted molar refractivity (Wildman–Crippen MR) is 128 cm³/mol. The number of halogens is 1. The largest absolute Gasteiger partial charge is 0.493 e. The standard InChI is InChI=1S/C26H27FN4O3/c1-17-3-5-19(6-4-17)16-34-24-12-9-20(13-25(24)33-2)22-14-23(30-29-22)26(32)31-28-15-18-7-10-21(27)11-8-18/h3-13,15,22-23,29-30H,14,16H2,1-2H3,(H,31,32)/b28-15+. The lowest BCUT2D eigenvalue weighted by atomic mass is 10.0. The number of rotatable bonds is 8. The molecule has 0 aromatic heterocycles. The van der Waals surface area contributed by atoms with E-state index in [2.05, 4.69) is 33.5 Å². The summed E-state index contributed by atoms with van der Waals surface area (Å²) in [6.07, 6.45) is 2.00. The van der Waals surface area contributed by atoms with Crippen LogP contribution in [0, 0.1) is 12.7 Å². The molecule has 3 aromatic rings.